The van der Waals surface area contributed by atoms with Gasteiger partial charge in [-0.25, -0.2) is 4.79 Å². The van der Waals surface area contributed by atoms with Gasteiger partial charge in [0.1, 0.15) is 4.83 Å². The summed E-state index contributed by atoms with van der Waals surface area (Å²) in [6.45, 7) is 1.94. The number of rotatable bonds is 3. The number of carboxylic acid groups (broad SMARTS) is 1. The molecular formula is C23H17F3N2O4S. The molecule has 33 heavy (non-hydrogen) atoms. The Morgan fingerprint density at radius 1 is 1.00 bits per heavy atom. The Kier molecular flexibility index (Phi) is 6.68. The number of aryl methyl sites for hydroxylation is 1. The van der Waals surface area contributed by atoms with Gasteiger partial charge >= 0.3 is 12.1 Å². The number of nitrogen functional groups attached to an aromatic ring is 1. The second-order valence-electron chi connectivity index (χ2n) is 6.90. The molecule has 4 rings (SSSR count). The molecule has 0 saturated carbocycles. The molecular weight excluding hydrogens is 457 g/mol. The van der Waals surface area contributed by atoms with E-state index in [9.17, 15) is 22.8 Å². The summed E-state index contributed by atoms with van der Waals surface area (Å²) in [6, 6.07) is 20.0. The van der Waals surface area contributed by atoms with Crippen LogP contribution in [0, 0.1) is 6.92 Å². The number of fused-ring (bicyclic) bond motifs is 1. The molecule has 4 aromatic rings. The van der Waals surface area contributed by atoms with Crippen molar-refractivity contribution in [2.24, 2.45) is 0 Å². The SMILES string of the molecule is Cc1cccc(C(=O)c2c(N)sc3c2ccc(=O)n3-c2ccccc2)c1.O=C(O)C(F)(F)F. The number of pyridine rings is 1. The Bertz CT molecular complexity index is 1390. The van der Waals surface area contributed by atoms with E-state index in [-0.39, 0.29) is 11.3 Å². The van der Waals surface area contributed by atoms with E-state index in [1.165, 1.54) is 17.4 Å². The number of carbonyl (C=O) groups excluding carboxylic acids is 1. The molecule has 0 amide bonds. The highest BCUT2D eigenvalue weighted by Gasteiger charge is 2.38. The number of thiophene rings is 1. The highest BCUT2D eigenvalue weighted by Crippen LogP contribution is 2.35. The first-order chi connectivity index (χ1) is 15.5. The first-order valence-corrected chi connectivity index (χ1v) is 10.2. The van der Waals surface area contributed by atoms with Crippen LogP contribution >= 0.6 is 11.3 Å². The van der Waals surface area contributed by atoms with Gasteiger partial charge in [-0.15, -0.1) is 0 Å². The standard InChI is InChI=1S/C21H16N2O2S.C2HF3O2/c1-13-6-5-7-14(12-13)19(25)18-16-10-11-17(24)23(21(16)26-20(18)22)15-8-3-2-4-9-15;3-2(4,5)1(6)7/h2-12H,22H2,1H3;(H,6,7). The number of carboxylic acids is 1. The van der Waals surface area contributed by atoms with Gasteiger partial charge in [-0.1, -0.05) is 53.3 Å². The minimum atomic E-state index is -5.08. The third-order valence-electron chi connectivity index (χ3n) is 4.53. The number of halogens is 3. The van der Waals surface area contributed by atoms with Crippen molar-refractivity contribution in [3.63, 3.8) is 0 Å². The van der Waals surface area contributed by atoms with E-state index in [2.05, 4.69) is 0 Å². The number of anilines is 1. The fourth-order valence-corrected chi connectivity index (χ4v) is 4.17. The number of ketones is 1. The normalized spacial score (nSPS) is 11.0. The fourth-order valence-electron chi connectivity index (χ4n) is 3.09. The van der Waals surface area contributed by atoms with Gasteiger partial charge in [0, 0.05) is 17.0 Å². The Balaban J connectivity index is 0.000000383. The van der Waals surface area contributed by atoms with Crippen molar-refractivity contribution in [1.82, 2.24) is 4.57 Å². The Hall–Kier alpha value is -3.92. The molecule has 0 saturated heterocycles. The smallest absolute Gasteiger partial charge is 0.475 e. The van der Waals surface area contributed by atoms with Gasteiger partial charge in [-0.05, 0) is 31.2 Å². The van der Waals surface area contributed by atoms with Crippen molar-refractivity contribution in [2.75, 3.05) is 5.73 Å². The largest absolute Gasteiger partial charge is 0.490 e. The van der Waals surface area contributed by atoms with Crippen molar-refractivity contribution in [3.05, 3.63) is 93.8 Å². The van der Waals surface area contributed by atoms with Crippen molar-refractivity contribution in [1.29, 1.82) is 0 Å². The summed E-state index contributed by atoms with van der Waals surface area (Å²) < 4.78 is 33.3. The van der Waals surface area contributed by atoms with Gasteiger partial charge in [-0.3, -0.25) is 14.2 Å². The fraction of sp³-hybridized carbons (Fsp3) is 0.0870. The van der Waals surface area contributed by atoms with Crippen LogP contribution in [0.4, 0.5) is 18.2 Å². The van der Waals surface area contributed by atoms with E-state index in [0.29, 0.717) is 26.3 Å². The lowest BCUT2D eigenvalue weighted by Crippen LogP contribution is -2.21. The zero-order valence-electron chi connectivity index (χ0n) is 17.1. The lowest BCUT2D eigenvalue weighted by Gasteiger charge is -2.07. The molecule has 0 aliphatic rings. The number of alkyl halides is 3. The zero-order valence-corrected chi connectivity index (χ0v) is 17.9. The van der Waals surface area contributed by atoms with E-state index in [4.69, 9.17) is 15.6 Å². The summed E-state index contributed by atoms with van der Waals surface area (Å²) in [6.07, 6.45) is -5.08. The van der Waals surface area contributed by atoms with E-state index in [1.807, 2.05) is 55.5 Å². The number of aromatic nitrogens is 1. The predicted octanol–water partition coefficient (Wildman–Crippen LogP) is 4.81. The minimum absolute atomic E-state index is 0.129. The first kappa shape index (κ1) is 23.7. The minimum Gasteiger partial charge on any atom is -0.475 e. The molecule has 3 N–H and O–H groups in total. The highest BCUT2D eigenvalue weighted by molar-refractivity contribution is 7.22. The molecule has 0 bridgehead atoms. The molecule has 170 valence electrons. The number of benzene rings is 2. The van der Waals surface area contributed by atoms with Gasteiger partial charge in [0.15, 0.2) is 5.78 Å². The van der Waals surface area contributed by atoms with E-state index >= 15 is 0 Å². The number of hydrogen-bond acceptors (Lipinski definition) is 5. The summed E-state index contributed by atoms with van der Waals surface area (Å²) in [4.78, 5) is 35.1. The summed E-state index contributed by atoms with van der Waals surface area (Å²) in [5.74, 6) is -2.89. The number of hydrogen-bond donors (Lipinski definition) is 2. The molecule has 2 heterocycles. The molecule has 6 nitrogen and oxygen atoms in total. The molecule has 0 aliphatic carbocycles. The zero-order chi connectivity index (χ0) is 24.3. The van der Waals surface area contributed by atoms with Gasteiger partial charge in [0.05, 0.1) is 16.3 Å². The third kappa shape index (κ3) is 5.12. The van der Waals surface area contributed by atoms with E-state index in [1.54, 1.807) is 16.7 Å². The molecule has 0 fully saturated rings. The van der Waals surface area contributed by atoms with Gasteiger partial charge < -0.3 is 10.8 Å². The molecule has 0 unspecified atom stereocenters. The Morgan fingerprint density at radius 3 is 2.21 bits per heavy atom. The third-order valence-corrected chi connectivity index (χ3v) is 5.55. The monoisotopic (exact) mass is 474 g/mol. The van der Waals surface area contributed by atoms with Crippen LogP contribution in [0.2, 0.25) is 0 Å². The molecule has 0 radical (unpaired) electrons. The second-order valence-corrected chi connectivity index (χ2v) is 7.93. The van der Waals surface area contributed by atoms with Crippen molar-refractivity contribution < 1.29 is 27.9 Å². The number of nitrogens with two attached hydrogens (primary N) is 1. The maximum Gasteiger partial charge on any atom is 0.490 e. The van der Waals surface area contributed by atoms with Crippen molar-refractivity contribution in [2.45, 2.75) is 13.1 Å². The molecule has 2 aromatic heterocycles. The van der Waals surface area contributed by atoms with Gasteiger partial charge in [-0.2, -0.15) is 13.2 Å². The van der Waals surface area contributed by atoms with Crippen molar-refractivity contribution >= 4 is 38.3 Å². The summed E-state index contributed by atoms with van der Waals surface area (Å²) in [7, 11) is 0. The van der Waals surface area contributed by atoms with Crippen molar-refractivity contribution in [3.8, 4) is 5.69 Å². The van der Waals surface area contributed by atoms with Crippen LogP contribution < -0.4 is 11.3 Å². The molecule has 0 aliphatic heterocycles. The van der Waals surface area contributed by atoms with Gasteiger partial charge in [0.25, 0.3) is 5.56 Å². The highest BCUT2D eigenvalue weighted by atomic mass is 32.1. The Morgan fingerprint density at radius 2 is 1.64 bits per heavy atom. The number of aliphatic carboxylic acids is 1. The van der Waals surface area contributed by atoms with Crippen LogP contribution in [-0.4, -0.2) is 27.6 Å². The maximum atomic E-state index is 13.1. The number of nitrogens with zero attached hydrogens (tertiary/aromatic N) is 1. The number of carbonyl (C=O) groups is 2. The first-order valence-electron chi connectivity index (χ1n) is 9.41. The lowest BCUT2D eigenvalue weighted by atomic mass is 10.0. The summed E-state index contributed by atoms with van der Waals surface area (Å²) in [5, 5.41) is 8.24. The molecule has 2 aromatic carbocycles. The summed E-state index contributed by atoms with van der Waals surface area (Å²) >= 11 is 1.26. The quantitative estimate of drug-likeness (QED) is 0.415. The molecule has 0 spiro atoms. The van der Waals surface area contributed by atoms with Crippen LogP contribution in [0.15, 0.2) is 71.5 Å². The maximum absolute atomic E-state index is 13.1. The number of para-hydroxylation sites is 1. The average molecular weight is 474 g/mol. The predicted molar refractivity (Wildman–Crippen MR) is 120 cm³/mol. The molecule has 10 heteroatoms. The van der Waals surface area contributed by atoms with Crippen LogP contribution in [0.3, 0.4) is 0 Å². The van der Waals surface area contributed by atoms with Gasteiger partial charge in [0.2, 0.25) is 0 Å². The van der Waals surface area contributed by atoms with Crippen LogP contribution in [0.1, 0.15) is 21.5 Å². The van der Waals surface area contributed by atoms with Crippen LogP contribution in [0.25, 0.3) is 15.9 Å². The second kappa shape index (κ2) is 9.29. The van der Waals surface area contributed by atoms with Crippen LogP contribution in [0.5, 0.6) is 0 Å². The van der Waals surface area contributed by atoms with Crippen LogP contribution in [-0.2, 0) is 4.79 Å². The Labute approximate surface area is 189 Å². The van der Waals surface area contributed by atoms with E-state index < -0.39 is 12.1 Å². The average Bonchev–Trinajstić information content (AvgIpc) is 3.09. The van der Waals surface area contributed by atoms with E-state index in [0.717, 1.165) is 11.3 Å². The molecule has 0 atom stereocenters. The topological polar surface area (TPSA) is 102 Å². The lowest BCUT2D eigenvalue weighted by molar-refractivity contribution is -0.192. The summed E-state index contributed by atoms with van der Waals surface area (Å²) in [5.41, 5.74) is 8.86.